The van der Waals surface area contributed by atoms with E-state index in [0.717, 1.165) is 0 Å². The van der Waals surface area contributed by atoms with Gasteiger partial charge in [-0.25, -0.2) is 4.39 Å². The molecule has 0 amide bonds. The molecule has 18 heavy (non-hydrogen) atoms. The average Bonchev–Trinajstić information content (AvgIpc) is 2.35. The van der Waals surface area contributed by atoms with E-state index >= 15 is 0 Å². The number of hydrogen-bond donors (Lipinski definition) is 0. The molecule has 0 heterocycles. The summed E-state index contributed by atoms with van der Waals surface area (Å²) in [5.74, 6) is -0.730. The van der Waals surface area contributed by atoms with Crippen molar-refractivity contribution in [2.24, 2.45) is 0 Å². The molecule has 2 aromatic carbocycles. The number of rotatable bonds is 2. The second-order valence-electron chi connectivity index (χ2n) is 3.56. The van der Waals surface area contributed by atoms with E-state index in [0.29, 0.717) is 16.1 Å². The van der Waals surface area contributed by atoms with Crippen LogP contribution in [-0.4, -0.2) is 5.78 Å². The second-order valence-corrected chi connectivity index (χ2v) is 5.20. The minimum atomic E-state index is -0.427. The fourth-order valence-corrected chi connectivity index (χ4v) is 2.24. The molecule has 5 heteroatoms. The maximum absolute atomic E-state index is 13.1. The highest BCUT2D eigenvalue weighted by Crippen LogP contribution is 2.28. The lowest BCUT2D eigenvalue weighted by molar-refractivity contribution is 0.103. The van der Waals surface area contributed by atoms with E-state index in [-0.39, 0.29) is 15.3 Å². The van der Waals surface area contributed by atoms with Gasteiger partial charge in [0.05, 0.1) is 14.5 Å². The Hall–Kier alpha value is -0.900. The van der Waals surface area contributed by atoms with Crippen molar-refractivity contribution in [1.82, 2.24) is 0 Å². The molecule has 0 N–H and O–H groups in total. The Morgan fingerprint density at radius 1 is 1.17 bits per heavy atom. The van der Waals surface area contributed by atoms with Gasteiger partial charge in [0.15, 0.2) is 5.78 Å². The van der Waals surface area contributed by atoms with Crippen molar-refractivity contribution in [3.63, 3.8) is 0 Å². The fraction of sp³-hybridized carbons (Fsp3) is 0. The van der Waals surface area contributed by atoms with Gasteiger partial charge in [-0.1, -0.05) is 29.3 Å². The van der Waals surface area contributed by atoms with Crippen LogP contribution in [0.15, 0.2) is 40.9 Å². The van der Waals surface area contributed by atoms with E-state index in [1.165, 1.54) is 18.2 Å². The standard InChI is InChI=1S/C13H6BrCl2FO/c14-9-6-7(4-5-11(9)17)13(18)8-2-1-3-10(15)12(8)16/h1-6H. The Labute approximate surface area is 122 Å². The number of benzene rings is 2. The Bertz CT molecular complexity index is 628. The molecule has 2 aromatic rings. The first kappa shape index (κ1) is 13.5. The van der Waals surface area contributed by atoms with Gasteiger partial charge in [-0.2, -0.15) is 0 Å². The summed E-state index contributed by atoms with van der Waals surface area (Å²) in [6.45, 7) is 0. The lowest BCUT2D eigenvalue weighted by atomic mass is 10.0. The minimum Gasteiger partial charge on any atom is -0.289 e. The second kappa shape index (κ2) is 5.39. The molecule has 0 radical (unpaired) electrons. The van der Waals surface area contributed by atoms with Gasteiger partial charge in [-0.05, 0) is 46.3 Å². The van der Waals surface area contributed by atoms with Crippen LogP contribution in [0.2, 0.25) is 10.0 Å². The van der Waals surface area contributed by atoms with Crippen LogP contribution in [-0.2, 0) is 0 Å². The van der Waals surface area contributed by atoms with E-state index in [1.807, 2.05) is 0 Å². The Balaban J connectivity index is 2.48. The zero-order valence-electron chi connectivity index (χ0n) is 8.88. The van der Waals surface area contributed by atoms with Crippen LogP contribution < -0.4 is 0 Å². The lowest BCUT2D eigenvalue weighted by Crippen LogP contribution is -2.02. The third-order valence-electron chi connectivity index (χ3n) is 2.38. The fourth-order valence-electron chi connectivity index (χ4n) is 1.47. The molecule has 0 aromatic heterocycles. The lowest BCUT2D eigenvalue weighted by Gasteiger charge is -2.05. The summed E-state index contributed by atoms with van der Waals surface area (Å²) in [6, 6.07) is 8.85. The van der Waals surface area contributed by atoms with E-state index in [9.17, 15) is 9.18 Å². The predicted octanol–water partition coefficient (Wildman–Crippen LogP) is 5.13. The highest BCUT2D eigenvalue weighted by molar-refractivity contribution is 9.10. The number of hydrogen-bond acceptors (Lipinski definition) is 1. The zero-order valence-corrected chi connectivity index (χ0v) is 12.0. The molecule has 2 rings (SSSR count). The van der Waals surface area contributed by atoms with Crippen LogP contribution >= 0.6 is 39.1 Å². The number of halogens is 4. The smallest absolute Gasteiger partial charge is 0.194 e. The molecule has 0 aliphatic rings. The van der Waals surface area contributed by atoms with Crippen molar-refractivity contribution in [2.45, 2.75) is 0 Å². The van der Waals surface area contributed by atoms with Gasteiger partial charge in [-0.15, -0.1) is 0 Å². The number of carbonyl (C=O) groups excluding carboxylic acids is 1. The number of carbonyl (C=O) groups is 1. The van der Waals surface area contributed by atoms with Crippen molar-refractivity contribution in [3.05, 3.63) is 67.9 Å². The average molecular weight is 348 g/mol. The highest BCUT2D eigenvalue weighted by atomic mass is 79.9. The SMILES string of the molecule is O=C(c1ccc(F)c(Br)c1)c1cccc(Cl)c1Cl. The summed E-state index contributed by atoms with van der Waals surface area (Å²) in [6.07, 6.45) is 0. The van der Waals surface area contributed by atoms with Crippen molar-refractivity contribution in [2.75, 3.05) is 0 Å². The first-order valence-corrected chi connectivity index (χ1v) is 6.49. The van der Waals surface area contributed by atoms with Gasteiger partial charge in [0.25, 0.3) is 0 Å². The first-order valence-electron chi connectivity index (χ1n) is 4.94. The maximum Gasteiger partial charge on any atom is 0.194 e. The minimum absolute atomic E-state index is 0.199. The molecule has 92 valence electrons. The summed E-state index contributed by atoms with van der Waals surface area (Å²) in [4.78, 5) is 12.2. The van der Waals surface area contributed by atoms with Gasteiger partial charge in [-0.3, -0.25) is 4.79 Å². The molecular weight excluding hydrogens is 342 g/mol. The number of ketones is 1. The Kier molecular flexibility index (Phi) is 4.05. The van der Waals surface area contributed by atoms with Gasteiger partial charge < -0.3 is 0 Å². The Morgan fingerprint density at radius 3 is 2.56 bits per heavy atom. The zero-order chi connectivity index (χ0) is 13.3. The Morgan fingerprint density at radius 2 is 1.89 bits per heavy atom. The van der Waals surface area contributed by atoms with Crippen molar-refractivity contribution in [1.29, 1.82) is 0 Å². The van der Waals surface area contributed by atoms with E-state index in [2.05, 4.69) is 15.9 Å². The summed E-state index contributed by atoms with van der Waals surface area (Å²) in [5, 5.41) is 0.508. The van der Waals surface area contributed by atoms with Gasteiger partial charge in [0.2, 0.25) is 0 Å². The van der Waals surface area contributed by atoms with Crippen LogP contribution in [0.25, 0.3) is 0 Å². The topological polar surface area (TPSA) is 17.1 Å². The predicted molar refractivity (Wildman–Crippen MR) is 74.0 cm³/mol. The van der Waals surface area contributed by atoms with Crippen molar-refractivity contribution in [3.8, 4) is 0 Å². The monoisotopic (exact) mass is 346 g/mol. The summed E-state index contributed by atoms with van der Waals surface area (Å²) in [7, 11) is 0. The normalized spacial score (nSPS) is 10.4. The first-order chi connectivity index (χ1) is 8.50. The third kappa shape index (κ3) is 2.58. The highest BCUT2D eigenvalue weighted by Gasteiger charge is 2.15. The molecule has 1 nitrogen and oxygen atoms in total. The van der Waals surface area contributed by atoms with Crippen molar-refractivity contribution < 1.29 is 9.18 Å². The quantitative estimate of drug-likeness (QED) is 0.688. The molecule has 0 saturated carbocycles. The molecule has 0 aliphatic heterocycles. The summed E-state index contributed by atoms with van der Waals surface area (Å²) >= 11 is 14.9. The molecular formula is C13H6BrCl2FO. The molecule has 0 unspecified atom stereocenters. The summed E-state index contributed by atoms with van der Waals surface area (Å²) < 4.78 is 13.3. The van der Waals surface area contributed by atoms with E-state index < -0.39 is 5.82 Å². The van der Waals surface area contributed by atoms with Crippen LogP contribution in [0.4, 0.5) is 4.39 Å². The van der Waals surface area contributed by atoms with Crippen LogP contribution in [0, 0.1) is 5.82 Å². The van der Waals surface area contributed by atoms with Crippen LogP contribution in [0.1, 0.15) is 15.9 Å². The van der Waals surface area contributed by atoms with E-state index in [1.54, 1.807) is 18.2 Å². The molecule has 0 saturated heterocycles. The molecule has 0 fully saturated rings. The molecule has 0 atom stereocenters. The third-order valence-corrected chi connectivity index (χ3v) is 3.80. The largest absolute Gasteiger partial charge is 0.289 e. The molecule has 0 spiro atoms. The maximum atomic E-state index is 13.1. The molecule has 0 bridgehead atoms. The van der Waals surface area contributed by atoms with Crippen LogP contribution in [0.5, 0.6) is 0 Å². The molecule has 0 aliphatic carbocycles. The van der Waals surface area contributed by atoms with Gasteiger partial charge in [0, 0.05) is 11.1 Å². The van der Waals surface area contributed by atoms with Crippen molar-refractivity contribution >= 4 is 44.9 Å². The summed E-state index contributed by atoms with van der Waals surface area (Å²) in [5.41, 5.74) is 0.634. The van der Waals surface area contributed by atoms with Gasteiger partial charge in [0.1, 0.15) is 5.82 Å². The van der Waals surface area contributed by atoms with Crippen LogP contribution in [0.3, 0.4) is 0 Å². The van der Waals surface area contributed by atoms with Gasteiger partial charge >= 0.3 is 0 Å². The van der Waals surface area contributed by atoms with E-state index in [4.69, 9.17) is 23.2 Å².